The summed E-state index contributed by atoms with van der Waals surface area (Å²) in [6.45, 7) is 2.39. The van der Waals surface area contributed by atoms with Crippen LogP contribution in [0.15, 0.2) is 47.6 Å². The average molecular weight is 501 g/mol. The van der Waals surface area contributed by atoms with E-state index in [-0.39, 0.29) is 13.1 Å². The fourth-order valence-electron chi connectivity index (χ4n) is 2.80. The van der Waals surface area contributed by atoms with Crippen LogP contribution < -0.4 is 5.32 Å². The highest BCUT2D eigenvalue weighted by atomic mass is 32.2. The maximum absolute atomic E-state index is 12.9. The summed E-state index contributed by atoms with van der Waals surface area (Å²) in [6.07, 6.45) is 1.24. The molecule has 0 saturated carbocycles. The predicted octanol–water partition coefficient (Wildman–Crippen LogP) is 2.72. The number of hydrogen-bond donors (Lipinski definition) is 1. The van der Waals surface area contributed by atoms with Crippen LogP contribution in [0.3, 0.4) is 0 Å². The van der Waals surface area contributed by atoms with Crippen LogP contribution in [-0.2, 0) is 24.2 Å². The molecule has 9 nitrogen and oxygen atoms in total. The van der Waals surface area contributed by atoms with Crippen molar-refractivity contribution < 1.29 is 40.7 Å². The molecular formula is C21H22F3N3O6S. The number of rotatable bonds is 9. The van der Waals surface area contributed by atoms with Crippen molar-refractivity contribution in [2.24, 2.45) is 0 Å². The number of carbonyl (C=O) groups is 3. The Kier molecular flexibility index (Phi) is 8.74. The summed E-state index contributed by atoms with van der Waals surface area (Å²) in [5.74, 6) is -2.78. The third kappa shape index (κ3) is 6.53. The van der Waals surface area contributed by atoms with E-state index in [1.54, 1.807) is 38.1 Å². The summed E-state index contributed by atoms with van der Waals surface area (Å²) in [6, 6.07) is 8.82. The van der Waals surface area contributed by atoms with Gasteiger partial charge in [0.15, 0.2) is 11.6 Å². The Morgan fingerprint density at radius 2 is 1.79 bits per heavy atom. The highest BCUT2D eigenvalue weighted by Crippen LogP contribution is 2.31. The lowest BCUT2D eigenvalue weighted by molar-refractivity contribution is -0.137. The van der Waals surface area contributed by atoms with Crippen LogP contribution in [0.1, 0.15) is 29.3 Å². The van der Waals surface area contributed by atoms with E-state index in [0.29, 0.717) is 12.1 Å². The van der Waals surface area contributed by atoms with Gasteiger partial charge in [-0.15, -0.1) is 0 Å². The van der Waals surface area contributed by atoms with Gasteiger partial charge in [0.05, 0.1) is 12.1 Å². The number of amides is 2. The van der Waals surface area contributed by atoms with Crippen LogP contribution in [-0.4, -0.2) is 61.3 Å². The molecule has 0 spiro atoms. The SMILES string of the molecule is CCCN(CC(=O)Nc1ccccc1C)C(=O)COC(=O)c1cccnc1S(=O)(=O)C(F)(F)F. The Labute approximate surface area is 193 Å². The van der Waals surface area contributed by atoms with E-state index >= 15 is 0 Å². The highest BCUT2D eigenvalue weighted by molar-refractivity contribution is 7.92. The van der Waals surface area contributed by atoms with Crippen molar-refractivity contribution in [3.63, 3.8) is 0 Å². The smallest absolute Gasteiger partial charge is 0.452 e. The largest absolute Gasteiger partial charge is 0.503 e. The van der Waals surface area contributed by atoms with Crippen LogP contribution in [0, 0.1) is 6.92 Å². The van der Waals surface area contributed by atoms with Crippen molar-refractivity contribution in [2.75, 3.05) is 25.0 Å². The second kappa shape index (κ2) is 11.1. The second-order valence-electron chi connectivity index (χ2n) is 7.06. The molecule has 0 aliphatic carbocycles. The molecule has 0 aliphatic heterocycles. The number of aryl methyl sites for hydroxylation is 1. The molecule has 0 atom stereocenters. The minimum Gasteiger partial charge on any atom is -0.452 e. The van der Waals surface area contributed by atoms with Crippen LogP contribution >= 0.6 is 0 Å². The number of ether oxygens (including phenoxy) is 1. The standard InChI is InChI=1S/C21H22F3N3O6S/c1-3-11-27(12-17(28)26-16-9-5-4-7-14(16)2)18(29)13-33-20(30)15-8-6-10-25-19(15)34(31,32)21(22,23)24/h4-10H,3,11-13H2,1-2H3,(H,26,28). The number of carbonyl (C=O) groups excluding carboxylic acids is 3. The highest BCUT2D eigenvalue weighted by Gasteiger charge is 2.49. The third-order valence-electron chi connectivity index (χ3n) is 4.48. The van der Waals surface area contributed by atoms with Gasteiger partial charge in [0.1, 0.15) is 0 Å². The third-order valence-corrected chi connectivity index (χ3v) is 5.92. The van der Waals surface area contributed by atoms with E-state index in [1.165, 1.54) is 0 Å². The molecule has 0 saturated heterocycles. The van der Waals surface area contributed by atoms with Gasteiger partial charge in [-0.05, 0) is 37.1 Å². The average Bonchev–Trinajstić information content (AvgIpc) is 2.77. The first-order valence-corrected chi connectivity index (χ1v) is 11.4. The van der Waals surface area contributed by atoms with E-state index < -0.39 is 50.3 Å². The lowest BCUT2D eigenvalue weighted by Gasteiger charge is -2.22. The number of esters is 1. The number of nitrogens with zero attached hydrogens (tertiary/aromatic N) is 2. The second-order valence-corrected chi connectivity index (χ2v) is 8.92. The zero-order valence-corrected chi connectivity index (χ0v) is 19.1. The molecular weight excluding hydrogens is 479 g/mol. The first-order valence-electron chi connectivity index (χ1n) is 9.95. The number of para-hydroxylation sites is 1. The molecule has 0 radical (unpaired) electrons. The van der Waals surface area contributed by atoms with E-state index in [0.717, 1.165) is 28.8 Å². The van der Waals surface area contributed by atoms with Crippen molar-refractivity contribution in [3.05, 3.63) is 53.7 Å². The molecule has 0 unspecified atom stereocenters. The quantitative estimate of drug-likeness (QED) is 0.524. The van der Waals surface area contributed by atoms with Gasteiger partial charge in [-0.2, -0.15) is 13.2 Å². The lowest BCUT2D eigenvalue weighted by Crippen LogP contribution is -2.41. The number of anilines is 1. The van der Waals surface area contributed by atoms with E-state index in [2.05, 4.69) is 10.3 Å². The van der Waals surface area contributed by atoms with Crippen LogP contribution in [0.5, 0.6) is 0 Å². The molecule has 13 heteroatoms. The zero-order valence-electron chi connectivity index (χ0n) is 18.3. The number of alkyl halides is 3. The molecule has 2 aromatic rings. The summed E-state index contributed by atoms with van der Waals surface area (Å²) >= 11 is 0. The van der Waals surface area contributed by atoms with Gasteiger partial charge in [-0.25, -0.2) is 18.2 Å². The number of benzene rings is 1. The molecule has 0 fully saturated rings. The van der Waals surface area contributed by atoms with Crippen molar-refractivity contribution in [2.45, 2.75) is 30.8 Å². The number of nitrogens with one attached hydrogen (secondary N) is 1. The number of hydrogen-bond acceptors (Lipinski definition) is 7. The van der Waals surface area contributed by atoms with Gasteiger partial charge in [0.2, 0.25) is 5.91 Å². The Bertz CT molecular complexity index is 1170. The van der Waals surface area contributed by atoms with Crippen molar-refractivity contribution in [1.82, 2.24) is 9.88 Å². The molecule has 0 bridgehead atoms. The molecule has 1 N–H and O–H groups in total. The molecule has 1 aromatic heterocycles. The van der Waals surface area contributed by atoms with Gasteiger partial charge >= 0.3 is 11.5 Å². The monoisotopic (exact) mass is 501 g/mol. The minimum absolute atomic E-state index is 0.137. The van der Waals surface area contributed by atoms with Crippen LogP contribution in [0.4, 0.5) is 18.9 Å². The lowest BCUT2D eigenvalue weighted by atomic mass is 10.2. The maximum atomic E-state index is 12.9. The summed E-state index contributed by atoms with van der Waals surface area (Å²) < 4.78 is 66.8. The summed E-state index contributed by atoms with van der Waals surface area (Å²) in [7, 11) is -5.93. The Hall–Kier alpha value is -3.48. The predicted molar refractivity (Wildman–Crippen MR) is 114 cm³/mol. The fourth-order valence-corrected chi connectivity index (χ4v) is 3.66. The fraction of sp³-hybridized carbons (Fsp3) is 0.333. The van der Waals surface area contributed by atoms with E-state index in [1.807, 2.05) is 0 Å². The van der Waals surface area contributed by atoms with Gasteiger partial charge in [0, 0.05) is 18.4 Å². The van der Waals surface area contributed by atoms with Crippen molar-refractivity contribution in [1.29, 1.82) is 0 Å². The normalized spacial score (nSPS) is 11.6. The minimum atomic E-state index is -5.93. The number of sulfone groups is 1. The van der Waals surface area contributed by atoms with Crippen LogP contribution in [0.2, 0.25) is 0 Å². The van der Waals surface area contributed by atoms with Gasteiger partial charge in [0.25, 0.3) is 15.7 Å². The molecule has 1 heterocycles. The molecule has 2 rings (SSSR count). The van der Waals surface area contributed by atoms with Crippen molar-refractivity contribution >= 4 is 33.3 Å². The van der Waals surface area contributed by atoms with Crippen molar-refractivity contribution in [3.8, 4) is 0 Å². The number of halogens is 3. The topological polar surface area (TPSA) is 123 Å². The summed E-state index contributed by atoms with van der Waals surface area (Å²) in [5, 5.41) is 1.14. The zero-order chi connectivity index (χ0) is 25.5. The van der Waals surface area contributed by atoms with Gasteiger partial charge in [-0.3, -0.25) is 9.59 Å². The number of aromatic nitrogens is 1. The van der Waals surface area contributed by atoms with Crippen LogP contribution in [0.25, 0.3) is 0 Å². The first-order chi connectivity index (χ1) is 15.9. The van der Waals surface area contributed by atoms with E-state index in [4.69, 9.17) is 4.74 Å². The Morgan fingerprint density at radius 1 is 1.12 bits per heavy atom. The number of pyridine rings is 1. The first kappa shape index (κ1) is 26.8. The van der Waals surface area contributed by atoms with Gasteiger partial charge in [-0.1, -0.05) is 25.1 Å². The molecule has 2 amide bonds. The maximum Gasteiger partial charge on any atom is 0.503 e. The van der Waals surface area contributed by atoms with E-state index in [9.17, 15) is 36.0 Å². The Morgan fingerprint density at radius 3 is 2.41 bits per heavy atom. The molecule has 34 heavy (non-hydrogen) atoms. The molecule has 184 valence electrons. The summed E-state index contributed by atoms with van der Waals surface area (Å²) in [5.41, 5.74) is -5.29. The summed E-state index contributed by atoms with van der Waals surface area (Å²) in [4.78, 5) is 41.4. The Balaban J connectivity index is 2.09. The van der Waals surface area contributed by atoms with Gasteiger partial charge < -0.3 is 15.0 Å². The molecule has 0 aliphatic rings. The molecule has 1 aromatic carbocycles.